The van der Waals surface area contributed by atoms with Crippen LogP contribution >= 0.6 is 12.2 Å². The van der Waals surface area contributed by atoms with Crippen molar-refractivity contribution < 1.29 is 19.1 Å². The van der Waals surface area contributed by atoms with Crippen molar-refractivity contribution in [3.05, 3.63) is 11.6 Å². The fourth-order valence-electron chi connectivity index (χ4n) is 1.21. The molecule has 0 aromatic carbocycles. The number of alkyl carbamates (subject to hydrolysis) is 1. The van der Waals surface area contributed by atoms with Gasteiger partial charge >= 0.3 is 12.1 Å². The monoisotopic (exact) mass is 316 g/mol. The van der Waals surface area contributed by atoms with Gasteiger partial charge < -0.3 is 20.5 Å². The van der Waals surface area contributed by atoms with Gasteiger partial charge in [0.1, 0.15) is 18.2 Å². The zero-order valence-electron chi connectivity index (χ0n) is 13.2. The van der Waals surface area contributed by atoms with Crippen LogP contribution in [0, 0.1) is 0 Å². The summed E-state index contributed by atoms with van der Waals surface area (Å²) in [5, 5.41) is 2.42. The van der Waals surface area contributed by atoms with Gasteiger partial charge in [-0.3, -0.25) is 0 Å². The Morgan fingerprint density at radius 2 is 1.95 bits per heavy atom. The maximum atomic E-state index is 12.0. The van der Waals surface area contributed by atoms with Crippen LogP contribution in [0.3, 0.4) is 0 Å². The van der Waals surface area contributed by atoms with E-state index in [0.717, 1.165) is 5.57 Å². The summed E-state index contributed by atoms with van der Waals surface area (Å²) in [5.41, 5.74) is 5.67. The van der Waals surface area contributed by atoms with Gasteiger partial charge in [0.15, 0.2) is 0 Å². The highest BCUT2D eigenvalue weighted by atomic mass is 32.1. The van der Waals surface area contributed by atoms with Gasteiger partial charge in [-0.2, -0.15) is 0 Å². The Bertz CT molecular complexity index is 427. The molecule has 3 N–H and O–H groups in total. The summed E-state index contributed by atoms with van der Waals surface area (Å²) < 4.78 is 10.2. The molecule has 21 heavy (non-hydrogen) atoms. The van der Waals surface area contributed by atoms with Crippen molar-refractivity contribution in [3.8, 4) is 0 Å². The second-order valence-corrected chi connectivity index (χ2v) is 6.14. The zero-order valence-corrected chi connectivity index (χ0v) is 14.0. The minimum absolute atomic E-state index is 0.0158. The molecule has 0 saturated heterocycles. The summed E-state index contributed by atoms with van der Waals surface area (Å²) in [7, 11) is 0. The van der Waals surface area contributed by atoms with E-state index in [1.54, 1.807) is 20.8 Å². The maximum absolute atomic E-state index is 12.0. The average molecular weight is 316 g/mol. The third-order valence-corrected chi connectivity index (χ3v) is 2.48. The fourth-order valence-corrected chi connectivity index (χ4v) is 1.38. The van der Waals surface area contributed by atoms with Crippen molar-refractivity contribution in [1.82, 2.24) is 5.32 Å². The first-order valence-electron chi connectivity index (χ1n) is 6.61. The molecule has 0 bridgehead atoms. The molecule has 120 valence electrons. The minimum Gasteiger partial charge on any atom is -0.458 e. The number of nitrogens with two attached hydrogens (primary N) is 1. The van der Waals surface area contributed by atoms with Crippen LogP contribution in [0.4, 0.5) is 4.79 Å². The third-order valence-electron chi connectivity index (χ3n) is 2.31. The predicted molar refractivity (Wildman–Crippen MR) is 85.0 cm³/mol. The van der Waals surface area contributed by atoms with Crippen molar-refractivity contribution in [2.24, 2.45) is 5.73 Å². The Balaban J connectivity index is 4.65. The first kappa shape index (κ1) is 19.4. The molecule has 0 radical (unpaired) electrons. The number of amides is 1. The molecule has 0 aliphatic heterocycles. The van der Waals surface area contributed by atoms with Crippen molar-refractivity contribution in [2.45, 2.75) is 52.7 Å². The molecule has 0 rings (SSSR count). The summed E-state index contributed by atoms with van der Waals surface area (Å²) in [4.78, 5) is 23.8. The highest BCUT2D eigenvalue weighted by molar-refractivity contribution is 7.80. The van der Waals surface area contributed by atoms with Gasteiger partial charge in [-0.25, -0.2) is 9.59 Å². The lowest BCUT2D eigenvalue weighted by atomic mass is 10.1. The second kappa shape index (κ2) is 8.61. The third kappa shape index (κ3) is 9.84. The Morgan fingerprint density at radius 3 is 2.38 bits per heavy atom. The van der Waals surface area contributed by atoms with E-state index >= 15 is 0 Å². The predicted octanol–water partition coefficient (Wildman–Crippen LogP) is 2.07. The van der Waals surface area contributed by atoms with Crippen LogP contribution < -0.4 is 11.1 Å². The molecule has 0 spiro atoms. The van der Waals surface area contributed by atoms with E-state index < -0.39 is 23.7 Å². The van der Waals surface area contributed by atoms with Crippen LogP contribution in [0.15, 0.2) is 11.6 Å². The molecule has 0 aromatic rings. The van der Waals surface area contributed by atoms with Gasteiger partial charge in [0.2, 0.25) is 0 Å². The topological polar surface area (TPSA) is 90.6 Å². The van der Waals surface area contributed by atoms with Crippen LogP contribution in [-0.4, -0.2) is 35.3 Å². The van der Waals surface area contributed by atoms with E-state index in [9.17, 15) is 9.59 Å². The van der Waals surface area contributed by atoms with E-state index in [1.165, 1.54) is 0 Å². The lowest BCUT2D eigenvalue weighted by Gasteiger charge is -2.24. The molecule has 1 atom stereocenters. The SMILES string of the molecule is C/C=C(\C)COC(=O)NC(CC(N)=S)C(=O)OC(C)(C)C. The zero-order chi connectivity index (χ0) is 16.6. The fraction of sp³-hybridized carbons (Fsp3) is 0.643. The maximum Gasteiger partial charge on any atom is 0.408 e. The number of nitrogens with one attached hydrogen (secondary N) is 1. The Hall–Kier alpha value is -1.63. The summed E-state index contributed by atoms with van der Waals surface area (Å²) in [6.45, 7) is 9.01. The Morgan fingerprint density at radius 1 is 1.38 bits per heavy atom. The smallest absolute Gasteiger partial charge is 0.408 e. The number of allylic oxidation sites excluding steroid dienone is 1. The van der Waals surface area contributed by atoms with E-state index in [-0.39, 0.29) is 18.0 Å². The summed E-state index contributed by atoms with van der Waals surface area (Å²) >= 11 is 4.78. The summed E-state index contributed by atoms with van der Waals surface area (Å²) in [5.74, 6) is -0.602. The molecule has 0 aromatic heterocycles. The van der Waals surface area contributed by atoms with Gasteiger partial charge in [-0.05, 0) is 40.2 Å². The van der Waals surface area contributed by atoms with Crippen LogP contribution in [0.2, 0.25) is 0 Å². The number of rotatable bonds is 6. The molecule has 1 amide bonds. The molecule has 7 heteroatoms. The highest BCUT2D eigenvalue weighted by Crippen LogP contribution is 2.10. The van der Waals surface area contributed by atoms with Crippen molar-refractivity contribution >= 4 is 29.3 Å². The summed E-state index contributed by atoms with van der Waals surface area (Å²) in [6.07, 6.45) is 1.12. The first-order valence-corrected chi connectivity index (χ1v) is 7.02. The number of carbonyl (C=O) groups excluding carboxylic acids is 2. The van der Waals surface area contributed by atoms with Gasteiger partial charge in [0.05, 0.1) is 4.99 Å². The Labute approximate surface area is 131 Å². The second-order valence-electron chi connectivity index (χ2n) is 5.61. The van der Waals surface area contributed by atoms with Gasteiger partial charge in [-0.1, -0.05) is 18.3 Å². The number of hydrogen-bond acceptors (Lipinski definition) is 5. The molecule has 1 unspecified atom stereocenters. The average Bonchev–Trinajstić information content (AvgIpc) is 2.32. The van der Waals surface area contributed by atoms with E-state index in [4.69, 9.17) is 27.4 Å². The van der Waals surface area contributed by atoms with Crippen molar-refractivity contribution in [1.29, 1.82) is 0 Å². The standard InChI is InChI=1S/C14H24N2O4S/c1-6-9(2)8-19-13(18)16-10(7-11(15)21)12(17)20-14(3,4)5/h6,10H,7-8H2,1-5H3,(H2,15,21)(H,16,18)/b9-6+. The van der Waals surface area contributed by atoms with Crippen LogP contribution in [0.1, 0.15) is 41.0 Å². The number of ether oxygens (including phenoxy) is 2. The lowest BCUT2D eigenvalue weighted by molar-refractivity contribution is -0.157. The first-order chi connectivity index (χ1) is 9.55. The van der Waals surface area contributed by atoms with E-state index in [0.29, 0.717) is 0 Å². The van der Waals surface area contributed by atoms with E-state index in [2.05, 4.69) is 5.32 Å². The molecule has 6 nitrogen and oxygen atoms in total. The normalized spacial score (nSPS) is 13.3. The largest absolute Gasteiger partial charge is 0.458 e. The molecule has 0 saturated carbocycles. The molecule has 0 heterocycles. The van der Waals surface area contributed by atoms with Crippen LogP contribution in [0.5, 0.6) is 0 Å². The quantitative estimate of drug-likeness (QED) is 0.443. The van der Waals surface area contributed by atoms with Crippen molar-refractivity contribution in [2.75, 3.05) is 6.61 Å². The number of thiocarbonyl (C=S) groups is 1. The summed E-state index contributed by atoms with van der Waals surface area (Å²) in [6, 6.07) is -0.958. The number of carbonyl (C=O) groups is 2. The van der Waals surface area contributed by atoms with Crippen LogP contribution in [0.25, 0.3) is 0 Å². The van der Waals surface area contributed by atoms with Crippen molar-refractivity contribution in [3.63, 3.8) is 0 Å². The molecular formula is C14H24N2O4S. The molecule has 0 aliphatic carbocycles. The number of esters is 1. The van der Waals surface area contributed by atoms with Crippen LogP contribution in [-0.2, 0) is 14.3 Å². The molecular weight excluding hydrogens is 292 g/mol. The molecule has 0 fully saturated rings. The van der Waals surface area contributed by atoms with E-state index in [1.807, 2.05) is 19.9 Å². The highest BCUT2D eigenvalue weighted by Gasteiger charge is 2.27. The minimum atomic E-state index is -0.958. The van der Waals surface area contributed by atoms with Gasteiger partial charge in [0, 0.05) is 6.42 Å². The lowest BCUT2D eigenvalue weighted by Crippen LogP contribution is -2.46. The van der Waals surface area contributed by atoms with Gasteiger partial charge in [0.25, 0.3) is 0 Å². The number of hydrogen-bond donors (Lipinski definition) is 2. The van der Waals surface area contributed by atoms with Gasteiger partial charge in [-0.15, -0.1) is 0 Å². The molecule has 0 aliphatic rings. The Kier molecular flexibility index (Phi) is 7.94.